The molecule has 0 aliphatic carbocycles. The van der Waals surface area contributed by atoms with Crippen molar-refractivity contribution in [2.24, 2.45) is 5.73 Å². The number of amides is 3. The maximum Gasteiger partial charge on any atom is 0.274 e. The summed E-state index contributed by atoms with van der Waals surface area (Å²) in [6, 6.07) is 17.1. The Morgan fingerprint density at radius 2 is 1.47 bits per heavy atom. The molecule has 0 aromatic heterocycles. The van der Waals surface area contributed by atoms with Crippen LogP contribution in [-0.2, 0) is 32.0 Å². The van der Waals surface area contributed by atoms with Gasteiger partial charge in [-0.25, -0.2) is 6.04 Å². The van der Waals surface area contributed by atoms with Gasteiger partial charge in [-0.1, -0.05) is 72.6 Å². The second-order valence-corrected chi connectivity index (χ2v) is 10.0. The SMILES string of the molecule is NC(Cc1ccccc1)C(=O)N1CCCC1C(=O)N1CCCC1C(=O)N[C-](CC(=O)O)Cc1ccccc1. The lowest BCUT2D eigenvalue weighted by Gasteiger charge is -2.36. The number of carbonyl (C=O) groups excluding carboxylic acids is 3. The van der Waals surface area contributed by atoms with Gasteiger partial charge >= 0.3 is 0 Å². The number of carbonyl (C=O) groups is 4. The van der Waals surface area contributed by atoms with Gasteiger partial charge in [0.15, 0.2) is 0 Å². The Labute approximate surface area is 223 Å². The van der Waals surface area contributed by atoms with E-state index in [4.69, 9.17) is 5.73 Å². The first kappa shape index (κ1) is 27.3. The molecule has 2 aromatic carbocycles. The number of likely N-dealkylation sites (tertiary alicyclic amines) is 2. The van der Waals surface area contributed by atoms with Crippen LogP contribution in [0.1, 0.15) is 43.2 Å². The van der Waals surface area contributed by atoms with Crippen molar-refractivity contribution in [1.82, 2.24) is 15.1 Å². The summed E-state index contributed by atoms with van der Waals surface area (Å²) < 4.78 is 0. The fraction of sp³-hybridized carbons (Fsp3) is 0.414. The van der Waals surface area contributed by atoms with Gasteiger partial charge in [-0.05, 0) is 37.7 Å². The first-order valence-corrected chi connectivity index (χ1v) is 13.1. The van der Waals surface area contributed by atoms with Crippen molar-refractivity contribution in [2.45, 2.75) is 63.1 Å². The molecule has 9 nitrogen and oxygen atoms in total. The molecule has 3 amide bonds. The van der Waals surface area contributed by atoms with E-state index < -0.39 is 24.1 Å². The number of hydrogen-bond acceptors (Lipinski definition) is 5. The van der Waals surface area contributed by atoms with Crippen molar-refractivity contribution >= 4 is 23.7 Å². The van der Waals surface area contributed by atoms with Crippen LogP contribution in [-0.4, -0.2) is 69.8 Å². The normalized spacial score (nSPS) is 19.9. The molecule has 2 aromatic rings. The van der Waals surface area contributed by atoms with Crippen LogP contribution < -0.4 is 11.1 Å². The Balaban J connectivity index is 1.41. The van der Waals surface area contributed by atoms with E-state index in [1.165, 1.54) is 0 Å². The van der Waals surface area contributed by atoms with Crippen LogP contribution in [0, 0.1) is 6.04 Å². The molecule has 2 fully saturated rings. The second kappa shape index (κ2) is 12.7. The minimum Gasteiger partial charge on any atom is -0.500 e. The predicted molar refractivity (Wildman–Crippen MR) is 141 cm³/mol. The monoisotopic (exact) mass is 519 g/mol. The van der Waals surface area contributed by atoms with E-state index in [0.717, 1.165) is 11.1 Å². The minimum atomic E-state index is -1.04. The number of aliphatic carboxylic acids is 1. The van der Waals surface area contributed by atoms with Crippen LogP contribution in [0.5, 0.6) is 0 Å². The van der Waals surface area contributed by atoms with Crippen LogP contribution in [0.15, 0.2) is 60.7 Å². The van der Waals surface area contributed by atoms with Crippen LogP contribution in [0.3, 0.4) is 0 Å². The van der Waals surface area contributed by atoms with Gasteiger partial charge in [-0.15, -0.1) is 6.42 Å². The van der Waals surface area contributed by atoms with E-state index >= 15 is 0 Å². The Bertz CT molecular complexity index is 1130. The predicted octanol–water partition coefficient (Wildman–Crippen LogP) is 1.90. The molecule has 9 heteroatoms. The van der Waals surface area contributed by atoms with Crippen molar-refractivity contribution in [2.75, 3.05) is 13.1 Å². The molecule has 0 saturated carbocycles. The van der Waals surface area contributed by atoms with Gasteiger partial charge in [-0.3, -0.25) is 19.2 Å². The number of carboxylic acid groups (broad SMARTS) is 1. The average molecular weight is 520 g/mol. The number of rotatable bonds is 10. The van der Waals surface area contributed by atoms with Gasteiger partial charge in [-0.2, -0.15) is 0 Å². The Morgan fingerprint density at radius 1 is 0.895 bits per heavy atom. The Morgan fingerprint density at radius 3 is 2.11 bits per heavy atom. The maximum absolute atomic E-state index is 13.6. The molecular weight excluding hydrogens is 484 g/mol. The number of hydrogen-bond donors (Lipinski definition) is 3. The number of nitrogens with zero attached hydrogens (tertiary/aromatic N) is 2. The zero-order valence-corrected chi connectivity index (χ0v) is 21.4. The lowest BCUT2D eigenvalue weighted by Crippen LogP contribution is -2.55. The Kier molecular flexibility index (Phi) is 9.12. The summed E-state index contributed by atoms with van der Waals surface area (Å²) >= 11 is 0. The van der Waals surface area contributed by atoms with Crippen molar-refractivity contribution in [1.29, 1.82) is 0 Å². The van der Waals surface area contributed by atoms with Gasteiger partial charge in [0.2, 0.25) is 17.7 Å². The summed E-state index contributed by atoms with van der Waals surface area (Å²) in [7, 11) is 0. The third-order valence-corrected chi connectivity index (χ3v) is 7.20. The highest BCUT2D eigenvalue weighted by Gasteiger charge is 2.42. The molecule has 3 atom stereocenters. The molecular formula is C29H35N4O5-. The fourth-order valence-corrected chi connectivity index (χ4v) is 5.38. The zero-order chi connectivity index (χ0) is 27.1. The molecule has 0 bridgehead atoms. The van der Waals surface area contributed by atoms with Crippen molar-refractivity contribution in [3.63, 3.8) is 0 Å². The quantitative estimate of drug-likeness (QED) is 0.411. The highest BCUT2D eigenvalue weighted by molar-refractivity contribution is 5.94. The molecule has 0 radical (unpaired) electrons. The van der Waals surface area contributed by atoms with E-state index in [-0.39, 0.29) is 24.1 Å². The van der Waals surface area contributed by atoms with Crippen molar-refractivity contribution < 1.29 is 24.3 Å². The van der Waals surface area contributed by atoms with Gasteiger partial charge in [0.25, 0.3) is 5.97 Å². The highest BCUT2D eigenvalue weighted by Crippen LogP contribution is 2.26. The maximum atomic E-state index is 13.6. The molecule has 202 valence electrons. The molecule has 4 N–H and O–H groups in total. The summed E-state index contributed by atoms with van der Waals surface area (Å²) in [5.74, 6) is -1.93. The summed E-state index contributed by atoms with van der Waals surface area (Å²) in [6.45, 7) is 0.870. The molecule has 0 spiro atoms. The zero-order valence-electron chi connectivity index (χ0n) is 21.4. The lowest BCUT2D eigenvalue weighted by molar-refractivity contribution is -0.147. The smallest absolute Gasteiger partial charge is 0.274 e. The molecule has 3 unspecified atom stereocenters. The van der Waals surface area contributed by atoms with Gasteiger partial charge < -0.3 is 26.0 Å². The molecule has 2 saturated heterocycles. The largest absolute Gasteiger partial charge is 0.500 e. The topological polar surface area (TPSA) is 133 Å². The minimum absolute atomic E-state index is 0.247. The number of nitrogens with one attached hydrogen (secondary N) is 1. The average Bonchev–Trinajstić information content (AvgIpc) is 3.59. The van der Waals surface area contributed by atoms with E-state index in [0.29, 0.717) is 57.7 Å². The molecule has 38 heavy (non-hydrogen) atoms. The van der Waals surface area contributed by atoms with Crippen LogP contribution >= 0.6 is 0 Å². The Hall–Kier alpha value is -3.72. The molecule has 2 aliphatic heterocycles. The van der Waals surface area contributed by atoms with Crippen molar-refractivity contribution in [3.8, 4) is 0 Å². The third kappa shape index (κ3) is 6.77. The van der Waals surface area contributed by atoms with Crippen LogP contribution in [0.4, 0.5) is 0 Å². The van der Waals surface area contributed by atoms with E-state index in [2.05, 4.69) is 5.32 Å². The molecule has 2 heterocycles. The fourth-order valence-electron chi connectivity index (χ4n) is 5.38. The summed E-state index contributed by atoms with van der Waals surface area (Å²) in [5.41, 5.74) is 8.09. The second-order valence-electron chi connectivity index (χ2n) is 10.0. The summed E-state index contributed by atoms with van der Waals surface area (Å²) in [4.78, 5) is 54.7. The number of nitrogens with two attached hydrogens (primary N) is 1. The first-order valence-electron chi connectivity index (χ1n) is 13.1. The standard InChI is InChI=1S/C29H35N4O5/c30-23(18-21-11-5-2-6-12-21)28(37)33-16-8-14-25(33)29(38)32-15-7-13-24(32)27(36)31-22(19-26(34)35)17-20-9-3-1-4-10-20/h1-6,9-12,23-25H,7-8,13-19,30H2,(H,31,36)(H,34,35)/q-1. The van der Waals surface area contributed by atoms with Crippen LogP contribution in [0.2, 0.25) is 0 Å². The molecule has 2 aliphatic rings. The van der Waals surface area contributed by atoms with Crippen molar-refractivity contribution in [3.05, 3.63) is 77.8 Å². The van der Waals surface area contributed by atoms with E-state index in [1.807, 2.05) is 60.7 Å². The van der Waals surface area contributed by atoms with E-state index in [1.54, 1.807) is 9.80 Å². The van der Waals surface area contributed by atoms with Gasteiger partial charge in [0.1, 0.15) is 12.1 Å². The number of benzene rings is 2. The molecule has 4 rings (SSSR count). The van der Waals surface area contributed by atoms with E-state index in [9.17, 15) is 24.3 Å². The first-order chi connectivity index (χ1) is 18.3. The lowest BCUT2D eigenvalue weighted by atomic mass is 10.0. The third-order valence-electron chi connectivity index (χ3n) is 7.20. The van der Waals surface area contributed by atoms with Crippen LogP contribution in [0.25, 0.3) is 0 Å². The summed E-state index contributed by atoms with van der Waals surface area (Å²) in [5, 5.41) is 12.2. The van der Waals surface area contributed by atoms with Gasteiger partial charge in [0, 0.05) is 13.1 Å². The summed E-state index contributed by atoms with van der Waals surface area (Å²) in [6.07, 6.45) is 2.74. The highest BCUT2D eigenvalue weighted by atomic mass is 16.4. The van der Waals surface area contributed by atoms with Gasteiger partial charge in [0.05, 0.1) is 6.04 Å². The number of carboxylic acids is 1.